The van der Waals surface area contributed by atoms with Crippen LogP contribution in [0, 0.1) is 0 Å². The van der Waals surface area contributed by atoms with Crippen LogP contribution in [0.2, 0.25) is 0 Å². The first-order chi connectivity index (χ1) is 13.9. The Morgan fingerprint density at radius 2 is 2.10 bits per heavy atom. The zero-order valence-electron chi connectivity index (χ0n) is 15.1. The summed E-state index contributed by atoms with van der Waals surface area (Å²) in [6.07, 6.45) is -1.34. The molecule has 9 nitrogen and oxygen atoms in total. The highest BCUT2D eigenvalue weighted by Crippen LogP contribution is 2.28. The Kier molecular flexibility index (Phi) is 6.80. The standard InChI is InChI=1S/C19H19BrN2O7/c20-7-6-12-9-22(19(27)21-17(12)25)15-8-13(23)14(29-15)10-28-18(26)16(24)11-4-2-1-3-5-11/h1-7,9,13-16,23-24H,8,10H2,(H,21,25,27)/b7-6+/t13-,14+,15+,16-/m0/s1. The molecule has 1 aromatic heterocycles. The third-order valence-corrected chi connectivity index (χ3v) is 4.75. The highest BCUT2D eigenvalue weighted by atomic mass is 79.9. The molecule has 1 aliphatic heterocycles. The second-order valence-corrected chi connectivity index (χ2v) is 6.95. The molecule has 0 unspecified atom stereocenters. The second-order valence-electron chi connectivity index (χ2n) is 6.42. The number of esters is 1. The summed E-state index contributed by atoms with van der Waals surface area (Å²) in [4.78, 5) is 39.6. The van der Waals surface area contributed by atoms with Crippen molar-refractivity contribution in [2.75, 3.05) is 6.61 Å². The first-order valence-corrected chi connectivity index (χ1v) is 9.67. The first-order valence-electron chi connectivity index (χ1n) is 8.76. The topological polar surface area (TPSA) is 131 Å². The van der Waals surface area contributed by atoms with Crippen LogP contribution in [0.25, 0.3) is 6.08 Å². The van der Waals surface area contributed by atoms with Crippen LogP contribution in [-0.2, 0) is 14.3 Å². The Hall–Kier alpha value is -2.53. The molecule has 0 aliphatic carbocycles. The Labute approximate surface area is 173 Å². The fraction of sp³-hybridized carbons (Fsp3) is 0.316. The van der Waals surface area contributed by atoms with E-state index in [9.17, 15) is 24.6 Å². The Bertz CT molecular complexity index is 1000. The number of carbonyl (C=O) groups excluding carboxylic acids is 1. The van der Waals surface area contributed by atoms with Gasteiger partial charge in [-0.2, -0.15) is 0 Å². The van der Waals surface area contributed by atoms with Crippen molar-refractivity contribution < 1.29 is 24.5 Å². The maximum absolute atomic E-state index is 12.1. The zero-order chi connectivity index (χ0) is 21.0. The average Bonchev–Trinajstić information content (AvgIpc) is 3.08. The molecule has 0 amide bonds. The fourth-order valence-electron chi connectivity index (χ4n) is 2.95. The number of halogens is 1. The Morgan fingerprint density at radius 1 is 1.38 bits per heavy atom. The summed E-state index contributed by atoms with van der Waals surface area (Å²) >= 11 is 3.07. The average molecular weight is 467 g/mol. The second kappa shape index (κ2) is 9.31. The van der Waals surface area contributed by atoms with Gasteiger partial charge < -0.3 is 19.7 Å². The highest BCUT2D eigenvalue weighted by Gasteiger charge is 2.37. The number of rotatable bonds is 6. The van der Waals surface area contributed by atoms with Crippen LogP contribution in [0.3, 0.4) is 0 Å². The minimum Gasteiger partial charge on any atom is -0.461 e. The maximum Gasteiger partial charge on any atom is 0.339 e. The van der Waals surface area contributed by atoms with Gasteiger partial charge in [0.15, 0.2) is 6.10 Å². The van der Waals surface area contributed by atoms with Crippen molar-refractivity contribution in [2.45, 2.75) is 31.0 Å². The van der Waals surface area contributed by atoms with E-state index in [4.69, 9.17) is 9.47 Å². The SMILES string of the molecule is O=C(OC[C@H]1O[C@@H](n2cc(/C=C/Br)c(=O)[nH]c2=O)C[C@@H]1O)[C@@H](O)c1ccccc1. The number of aromatic nitrogens is 2. The van der Waals surface area contributed by atoms with Gasteiger partial charge in [0.1, 0.15) is 18.9 Å². The van der Waals surface area contributed by atoms with Crippen molar-refractivity contribution in [3.05, 3.63) is 73.5 Å². The molecule has 154 valence electrons. The summed E-state index contributed by atoms with van der Waals surface area (Å²) < 4.78 is 11.9. The van der Waals surface area contributed by atoms with Gasteiger partial charge in [-0.25, -0.2) is 9.59 Å². The van der Waals surface area contributed by atoms with Gasteiger partial charge >= 0.3 is 11.7 Å². The number of aliphatic hydroxyl groups is 2. The molecule has 0 radical (unpaired) electrons. The largest absolute Gasteiger partial charge is 0.461 e. The van der Waals surface area contributed by atoms with Gasteiger partial charge in [-0.15, -0.1) is 0 Å². The molecule has 0 bridgehead atoms. The molecule has 3 rings (SSSR count). The lowest BCUT2D eigenvalue weighted by atomic mass is 10.1. The van der Waals surface area contributed by atoms with E-state index >= 15 is 0 Å². The molecule has 3 N–H and O–H groups in total. The molecule has 4 atom stereocenters. The number of aromatic amines is 1. The molecular weight excluding hydrogens is 448 g/mol. The number of ether oxygens (including phenoxy) is 2. The van der Waals surface area contributed by atoms with Crippen molar-refractivity contribution >= 4 is 28.0 Å². The van der Waals surface area contributed by atoms with E-state index in [2.05, 4.69) is 20.9 Å². The van der Waals surface area contributed by atoms with Gasteiger partial charge in [0.25, 0.3) is 5.56 Å². The van der Waals surface area contributed by atoms with E-state index in [1.54, 1.807) is 30.3 Å². The molecule has 1 saturated heterocycles. The molecule has 1 aromatic carbocycles. The molecule has 1 fully saturated rings. The number of H-pyrrole nitrogens is 1. The van der Waals surface area contributed by atoms with Crippen LogP contribution in [-0.4, -0.2) is 44.5 Å². The van der Waals surface area contributed by atoms with Crippen molar-refractivity contribution in [3.63, 3.8) is 0 Å². The van der Waals surface area contributed by atoms with E-state index < -0.39 is 41.8 Å². The van der Waals surface area contributed by atoms with Crippen LogP contribution >= 0.6 is 15.9 Å². The fourth-order valence-corrected chi connectivity index (χ4v) is 3.24. The highest BCUT2D eigenvalue weighted by molar-refractivity contribution is 9.11. The molecule has 29 heavy (non-hydrogen) atoms. The van der Waals surface area contributed by atoms with Crippen molar-refractivity contribution in [2.24, 2.45) is 0 Å². The number of nitrogens with one attached hydrogen (secondary N) is 1. The quantitative estimate of drug-likeness (QED) is 0.537. The number of carbonyl (C=O) groups is 1. The lowest BCUT2D eigenvalue weighted by molar-refractivity contribution is -0.160. The number of benzene rings is 1. The van der Waals surface area contributed by atoms with Crippen molar-refractivity contribution in [1.82, 2.24) is 9.55 Å². The lowest BCUT2D eigenvalue weighted by Gasteiger charge is -2.17. The van der Waals surface area contributed by atoms with Gasteiger partial charge in [0.05, 0.1) is 11.7 Å². The van der Waals surface area contributed by atoms with Crippen LogP contribution in [0.1, 0.15) is 29.9 Å². The predicted octanol–water partition coefficient (Wildman–Crippen LogP) is 0.827. The van der Waals surface area contributed by atoms with E-state index in [0.717, 1.165) is 4.57 Å². The molecule has 0 saturated carbocycles. The van der Waals surface area contributed by atoms with Gasteiger partial charge in [-0.05, 0) is 16.6 Å². The maximum atomic E-state index is 12.1. The number of hydrogen-bond donors (Lipinski definition) is 3. The third-order valence-electron chi connectivity index (χ3n) is 4.48. The number of nitrogens with zero attached hydrogens (tertiary/aromatic N) is 1. The first kappa shape index (κ1) is 21.2. The van der Waals surface area contributed by atoms with Crippen molar-refractivity contribution in [1.29, 1.82) is 0 Å². The minimum absolute atomic E-state index is 0.0624. The molecule has 0 spiro atoms. The van der Waals surface area contributed by atoms with Gasteiger partial charge in [-0.3, -0.25) is 14.3 Å². The summed E-state index contributed by atoms with van der Waals surface area (Å²) in [7, 11) is 0. The predicted molar refractivity (Wildman–Crippen MR) is 106 cm³/mol. The van der Waals surface area contributed by atoms with E-state index in [1.807, 2.05) is 0 Å². The number of hydrogen-bond acceptors (Lipinski definition) is 7. The molecule has 2 heterocycles. The zero-order valence-corrected chi connectivity index (χ0v) is 16.7. The summed E-state index contributed by atoms with van der Waals surface area (Å²) in [6, 6.07) is 8.29. The third kappa shape index (κ3) is 4.91. The summed E-state index contributed by atoms with van der Waals surface area (Å²) in [6.45, 7) is -0.299. The lowest BCUT2D eigenvalue weighted by Crippen LogP contribution is -2.33. The monoisotopic (exact) mass is 466 g/mol. The Balaban J connectivity index is 1.66. The summed E-state index contributed by atoms with van der Waals surface area (Å²) in [5.41, 5.74) is -0.632. The van der Waals surface area contributed by atoms with Gasteiger partial charge in [0, 0.05) is 12.6 Å². The summed E-state index contributed by atoms with van der Waals surface area (Å²) in [5.74, 6) is -0.874. The van der Waals surface area contributed by atoms with Crippen LogP contribution < -0.4 is 11.2 Å². The van der Waals surface area contributed by atoms with Crippen LogP contribution in [0.15, 0.2) is 51.1 Å². The van der Waals surface area contributed by atoms with Gasteiger partial charge in [-0.1, -0.05) is 46.3 Å². The van der Waals surface area contributed by atoms with Crippen LogP contribution in [0.4, 0.5) is 0 Å². The van der Waals surface area contributed by atoms with E-state index in [0.29, 0.717) is 5.56 Å². The minimum atomic E-state index is -1.45. The molecule has 10 heteroatoms. The smallest absolute Gasteiger partial charge is 0.339 e. The van der Waals surface area contributed by atoms with Gasteiger partial charge in [0.2, 0.25) is 0 Å². The summed E-state index contributed by atoms with van der Waals surface area (Å²) in [5, 5.41) is 20.3. The molecule has 1 aliphatic rings. The van der Waals surface area contributed by atoms with Crippen molar-refractivity contribution in [3.8, 4) is 0 Å². The van der Waals surface area contributed by atoms with E-state index in [1.165, 1.54) is 17.3 Å². The van der Waals surface area contributed by atoms with Crippen LogP contribution in [0.5, 0.6) is 0 Å². The Morgan fingerprint density at radius 3 is 2.79 bits per heavy atom. The molecule has 2 aromatic rings. The normalized spacial score (nSPS) is 22.7. The molecular formula is C19H19BrN2O7. The number of aliphatic hydroxyl groups excluding tert-OH is 2. The van der Waals surface area contributed by atoms with E-state index in [-0.39, 0.29) is 18.6 Å².